The first-order valence-corrected chi connectivity index (χ1v) is 7.22. The van der Waals surface area contributed by atoms with Crippen LogP contribution < -0.4 is 9.47 Å². The molecule has 0 aliphatic heterocycles. The lowest BCUT2D eigenvalue weighted by Crippen LogP contribution is -2.09. The number of benzene rings is 2. The third-order valence-electron chi connectivity index (χ3n) is 2.93. The number of carbonyl (C=O) groups excluding carboxylic acids is 1. The first-order valence-electron chi connectivity index (χ1n) is 6.14. The summed E-state index contributed by atoms with van der Waals surface area (Å²) in [4.78, 5) is 12.2. The van der Waals surface area contributed by atoms with Crippen molar-refractivity contribution in [3.8, 4) is 11.5 Å². The van der Waals surface area contributed by atoms with Gasteiger partial charge in [0.2, 0.25) is 0 Å². The van der Waals surface area contributed by atoms with Gasteiger partial charge in [0.25, 0.3) is 0 Å². The van der Waals surface area contributed by atoms with Crippen LogP contribution in [0.5, 0.6) is 11.5 Å². The molecule has 2 aromatic carbocycles. The van der Waals surface area contributed by atoms with E-state index in [1.54, 1.807) is 25.3 Å². The lowest BCUT2D eigenvalue weighted by Gasteiger charge is -2.09. The van der Waals surface area contributed by atoms with E-state index in [4.69, 9.17) is 9.47 Å². The number of carbonyl (C=O) groups is 1. The number of esters is 1. The fourth-order valence-electron chi connectivity index (χ4n) is 1.77. The molecule has 104 valence electrons. The normalized spacial score (nSPS) is 10.2. The largest absolute Gasteiger partial charge is 0.496 e. The van der Waals surface area contributed by atoms with Gasteiger partial charge in [0.15, 0.2) is 0 Å². The van der Waals surface area contributed by atoms with Crippen LogP contribution in [0.4, 0.5) is 0 Å². The molecule has 0 aromatic heterocycles. The van der Waals surface area contributed by atoms with Crippen LogP contribution in [0.2, 0.25) is 0 Å². The molecule has 0 saturated heterocycles. The first kappa shape index (κ1) is 14.8. The fourth-order valence-corrected chi connectivity index (χ4v) is 2.50. The van der Waals surface area contributed by atoms with E-state index in [0.29, 0.717) is 11.3 Å². The summed E-state index contributed by atoms with van der Waals surface area (Å²) < 4.78 is 11.5. The molecular formula is C16H15IO3. The number of methoxy groups -OCH3 is 1. The minimum atomic E-state index is -0.362. The van der Waals surface area contributed by atoms with Gasteiger partial charge in [0, 0.05) is 0 Å². The van der Waals surface area contributed by atoms with Gasteiger partial charge in [0.1, 0.15) is 11.5 Å². The minimum absolute atomic E-state index is 0.362. The van der Waals surface area contributed by atoms with Gasteiger partial charge < -0.3 is 9.47 Å². The van der Waals surface area contributed by atoms with Crippen molar-refractivity contribution in [3.63, 3.8) is 0 Å². The summed E-state index contributed by atoms with van der Waals surface area (Å²) in [5.74, 6) is 0.981. The summed E-state index contributed by atoms with van der Waals surface area (Å²) >= 11 is 2.13. The van der Waals surface area contributed by atoms with Crippen molar-refractivity contribution in [2.75, 3.05) is 7.11 Å². The van der Waals surface area contributed by atoms with E-state index < -0.39 is 0 Å². The van der Waals surface area contributed by atoms with Crippen LogP contribution in [-0.2, 0) is 0 Å². The van der Waals surface area contributed by atoms with E-state index in [2.05, 4.69) is 22.6 Å². The Morgan fingerprint density at radius 2 is 1.80 bits per heavy atom. The second-order valence-electron chi connectivity index (χ2n) is 4.51. The van der Waals surface area contributed by atoms with Gasteiger partial charge in [0.05, 0.1) is 16.2 Å². The van der Waals surface area contributed by atoms with Crippen molar-refractivity contribution >= 4 is 28.6 Å². The Hall–Kier alpha value is -1.56. The predicted molar refractivity (Wildman–Crippen MR) is 86.6 cm³/mol. The molecule has 0 atom stereocenters. The molecule has 2 aromatic rings. The Bertz CT molecular complexity index is 650. The Balaban J connectivity index is 2.24. The Kier molecular flexibility index (Phi) is 4.65. The molecule has 0 radical (unpaired) electrons. The second-order valence-corrected chi connectivity index (χ2v) is 5.67. The predicted octanol–water partition coefficient (Wildman–Crippen LogP) is 4.14. The molecule has 0 aliphatic carbocycles. The van der Waals surface area contributed by atoms with Crippen LogP contribution in [0.25, 0.3) is 0 Å². The smallest absolute Gasteiger partial charge is 0.343 e. The van der Waals surface area contributed by atoms with E-state index in [9.17, 15) is 4.79 Å². The zero-order valence-electron chi connectivity index (χ0n) is 11.6. The number of aryl methyl sites for hydroxylation is 2. The van der Waals surface area contributed by atoms with Gasteiger partial charge in [-0.05, 0) is 71.8 Å². The van der Waals surface area contributed by atoms with Crippen molar-refractivity contribution < 1.29 is 14.3 Å². The second kappa shape index (κ2) is 6.26. The zero-order chi connectivity index (χ0) is 14.7. The monoisotopic (exact) mass is 382 g/mol. The van der Waals surface area contributed by atoms with E-state index in [-0.39, 0.29) is 5.97 Å². The van der Waals surface area contributed by atoms with Gasteiger partial charge in [-0.2, -0.15) is 0 Å². The maximum absolute atomic E-state index is 12.2. The topological polar surface area (TPSA) is 35.5 Å². The third kappa shape index (κ3) is 3.30. The van der Waals surface area contributed by atoms with Crippen LogP contribution in [0.1, 0.15) is 21.5 Å². The van der Waals surface area contributed by atoms with Crippen LogP contribution in [0, 0.1) is 17.4 Å². The van der Waals surface area contributed by atoms with Gasteiger partial charge >= 0.3 is 5.97 Å². The SMILES string of the molecule is COc1ccc(C(=O)Oc2cc(C)ccc2C)cc1I. The summed E-state index contributed by atoms with van der Waals surface area (Å²) in [6, 6.07) is 11.0. The van der Waals surface area contributed by atoms with Gasteiger partial charge in [-0.25, -0.2) is 4.79 Å². The highest BCUT2D eigenvalue weighted by atomic mass is 127. The quantitative estimate of drug-likeness (QED) is 0.455. The summed E-state index contributed by atoms with van der Waals surface area (Å²) in [5.41, 5.74) is 2.51. The molecule has 0 heterocycles. The molecule has 0 fully saturated rings. The molecule has 0 saturated carbocycles. The Labute approximate surface area is 132 Å². The van der Waals surface area contributed by atoms with Gasteiger partial charge in [-0.1, -0.05) is 12.1 Å². The summed E-state index contributed by atoms with van der Waals surface area (Å²) in [7, 11) is 1.60. The van der Waals surface area contributed by atoms with Crippen LogP contribution in [0.15, 0.2) is 36.4 Å². The Morgan fingerprint density at radius 1 is 1.05 bits per heavy atom. The number of hydrogen-bond acceptors (Lipinski definition) is 3. The summed E-state index contributed by atoms with van der Waals surface area (Å²) in [6.07, 6.45) is 0. The molecule has 0 amide bonds. The standard InChI is InChI=1S/C16H15IO3/c1-10-4-5-11(2)15(8-10)20-16(18)12-6-7-14(19-3)13(17)9-12/h4-9H,1-3H3. The average Bonchev–Trinajstić information content (AvgIpc) is 2.42. The molecular weight excluding hydrogens is 367 g/mol. The molecule has 0 spiro atoms. The van der Waals surface area contributed by atoms with E-state index >= 15 is 0 Å². The van der Waals surface area contributed by atoms with Crippen LogP contribution in [-0.4, -0.2) is 13.1 Å². The number of halogens is 1. The lowest BCUT2D eigenvalue weighted by molar-refractivity contribution is 0.0733. The number of ether oxygens (including phenoxy) is 2. The van der Waals surface area contributed by atoms with Crippen LogP contribution in [0.3, 0.4) is 0 Å². The van der Waals surface area contributed by atoms with E-state index in [1.807, 2.05) is 32.0 Å². The lowest BCUT2D eigenvalue weighted by atomic mass is 10.1. The van der Waals surface area contributed by atoms with Gasteiger partial charge in [-0.3, -0.25) is 0 Å². The van der Waals surface area contributed by atoms with Crippen LogP contribution >= 0.6 is 22.6 Å². The molecule has 0 unspecified atom stereocenters. The summed E-state index contributed by atoms with van der Waals surface area (Å²) in [6.45, 7) is 3.88. The summed E-state index contributed by atoms with van der Waals surface area (Å²) in [5, 5.41) is 0. The zero-order valence-corrected chi connectivity index (χ0v) is 13.7. The Morgan fingerprint density at radius 3 is 2.45 bits per heavy atom. The molecule has 4 heteroatoms. The third-order valence-corrected chi connectivity index (χ3v) is 3.78. The first-order chi connectivity index (χ1) is 9.51. The maximum Gasteiger partial charge on any atom is 0.343 e. The number of hydrogen-bond donors (Lipinski definition) is 0. The van der Waals surface area contributed by atoms with E-state index in [1.165, 1.54) is 0 Å². The fraction of sp³-hybridized carbons (Fsp3) is 0.188. The molecule has 0 bridgehead atoms. The van der Waals surface area contributed by atoms with Crippen molar-refractivity contribution in [1.82, 2.24) is 0 Å². The van der Waals surface area contributed by atoms with Crippen molar-refractivity contribution in [2.45, 2.75) is 13.8 Å². The molecule has 20 heavy (non-hydrogen) atoms. The minimum Gasteiger partial charge on any atom is -0.496 e. The van der Waals surface area contributed by atoms with Crippen molar-refractivity contribution in [2.24, 2.45) is 0 Å². The maximum atomic E-state index is 12.2. The molecule has 3 nitrogen and oxygen atoms in total. The highest BCUT2D eigenvalue weighted by Gasteiger charge is 2.12. The molecule has 0 aliphatic rings. The van der Waals surface area contributed by atoms with E-state index in [0.717, 1.165) is 20.4 Å². The molecule has 0 N–H and O–H groups in total. The highest BCUT2D eigenvalue weighted by molar-refractivity contribution is 14.1. The highest BCUT2D eigenvalue weighted by Crippen LogP contribution is 2.24. The average molecular weight is 382 g/mol. The van der Waals surface area contributed by atoms with Gasteiger partial charge in [-0.15, -0.1) is 0 Å². The molecule has 2 rings (SSSR count). The van der Waals surface area contributed by atoms with Crippen molar-refractivity contribution in [3.05, 3.63) is 56.7 Å². The van der Waals surface area contributed by atoms with Crippen molar-refractivity contribution in [1.29, 1.82) is 0 Å². The number of rotatable bonds is 3.